The van der Waals surface area contributed by atoms with Crippen molar-refractivity contribution in [3.8, 4) is 0 Å². The first-order valence-electron chi connectivity index (χ1n) is 5.42. The van der Waals surface area contributed by atoms with E-state index >= 15 is 0 Å². The van der Waals surface area contributed by atoms with Crippen molar-refractivity contribution in [2.45, 2.75) is 11.4 Å². The summed E-state index contributed by atoms with van der Waals surface area (Å²) in [5.74, 6) is -0.963. The molecule has 0 unspecified atom stereocenters. The maximum absolute atomic E-state index is 14.1. The van der Waals surface area contributed by atoms with Gasteiger partial charge in [0.2, 0.25) is 0 Å². The molecule has 0 spiro atoms. The van der Waals surface area contributed by atoms with E-state index in [-0.39, 0.29) is 22.9 Å². The highest BCUT2D eigenvalue weighted by Gasteiger charge is 2.22. The van der Waals surface area contributed by atoms with Crippen LogP contribution in [0.5, 0.6) is 0 Å². The number of hydrogen-bond acceptors (Lipinski definition) is 5. The number of aromatic nitrogens is 2. The summed E-state index contributed by atoms with van der Waals surface area (Å²) in [6, 6.07) is 5.16. The summed E-state index contributed by atoms with van der Waals surface area (Å²) in [5.41, 5.74) is 5.36. The van der Waals surface area contributed by atoms with Crippen LogP contribution in [0, 0.1) is 5.82 Å². The van der Waals surface area contributed by atoms with Crippen molar-refractivity contribution in [1.82, 2.24) is 10.2 Å². The van der Waals surface area contributed by atoms with E-state index < -0.39 is 20.7 Å². The molecule has 2 aromatic rings. The zero-order chi connectivity index (χ0) is 14.8. The molecule has 0 aliphatic heterocycles. The summed E-state index contributed by atoms with van der Waals surface area (Å²) in [4.78, 5) is -0.587. The Kier molecular flexibility index (Phi) is 4.17. The average molecular weight is 317 g/mol. The van der Waals surface area contributed by atoms with E-state index in [1.54, 1.807) is 0 Å². The molecule has 2 rings (SSSR count). The average Bonchev–Trinajstić information content (AvgIpc) is 2.41. The topological polar surface area (TPSA) is 98.0 Å². The van der Waals surface area contributed by atoms with Crippen molar-refractivity contribution in [2.24, 2.45) is 5.73 Å². The lowest BCUT2D eigenvalue weighted by molar-refractivity contribution is 0.560. The van der Waals surface area contributed by atoms with Crippen LogP contribution < -0.4 is 10.5 Å². The minimum Gasteiger partial charge on any atom is -0.326 e. The first-order chi connectivity index (χ1) is 9.44. The monoisotopic (exact) mass is 316 g/mol. The van der Waals surface area contributed by atoms with Crippen molar-refractivity contribution < 1.29 is 12.8 Å². The van der Waals surface area contributed by atoms with E-state index in [0.29, 0.717) is 0 Å². The van der Waals surface area contributed by atoms with E-state index in [1.807, 2.05) is 0 Å². The standard InChI is InChI=1S/C11H10ClFN4O2S/c12-8-4-7(6-14)11(13)9(5-8)20(18,19)17-10-2-1-3-15-16-10/h1-5H,6,14H2,(H,16,17). The Morgan fingerprint density at radius 2 is 2.15 bits per heavy atom. The Morgan fingerprint density at radius 3 is 2.75 bits per heavy atom. The van der Waals surface area contributed by atoms with Crippen LogP contribution in [0.3, 0.4) is 0 Å². The summed E-state index contributed by atoms with van der Waals surface area (Å²) in [6.07, 6.45) is 1.38. The van der Waals surface area contributed by atoms with Gasteiger partial charge in [-0.25, -0.2) is 12.8 Å². The van der Waals surface area contributed by atoms with Gasteiger partial charge in [0.25, 0.3) is 10.0 Å². The molecule has 0 fully saturated rings. The lowest BCUT2D eigenvalue weighted by atomic mass is 10.2. The number of nitrogens with one attached hydrogen (secondary N) is 1. The maximum Gasteiger partial charge on any atom is 0.266 e. The van der Waals surface area contributed by atoms with Crippen molar-refractivity contribution in [2.75, 3.05) is 4.72 Å². The summed E-state index contributed by atoms with van der Waals surface area (Å²) in [5, 5.41) is 7.16. The zero-order valence-corrected chi connectivity index (χ0v) is 11.6. The lowest BCUT2D eigenvalue weighted by Gasteiger charge is -2.10. The SMILES string of the molecule is NCc1cc(Cl)cc(S(=O)(=O)Nc2cccnn2)c1F. The maximum atomic E-state index is 14.1. The Balaban J connectivity index is 2.47. The molecule has 0 aliphatic carbocycles. The number of halogens is 2. The predicted octanol–water partition coefficient (Wildman–Crippen LogP) is 1.53. The molecule has 0 saturated heterocycles. The highest BCUT2D eigenvalue weighted by atomic mass is 35.5. The molecule has 0 aliphatic rings. The van der Waals surface area contributed by atoms with Gasteiger partial charge in [0, 0.05) is 23.3 Å². The van der Waals surface area contributed by atoms with Crippen LogP contribution >= 0.6 is 11.6 Å². The molecule has 3 N–H and O–H groups in total. The van der Waals surface area contributed by atoms with E-state index in [0.717, 1.165) is 6.07 Å². The number of hydrogen-bond donors (Lipinski definition) is 2. The Bertz CT molecular complexity index is 725. The molecule has 1 aromatic carbocycles. The van der Waals surface area contributed by atoms with Gasteiger partial charge in [-0.1, -0.05) is 11.6 Å². The molecule has 0 bridgehead atoms. The van der Waals surface area contributed by atoms with Crippen molar-refractivity contribution in [1.29, 1.82) is 0 Å². The third kappa shape index (κ3) is 3.03. The van der Waals surface area contributed by atoms with Gasteiger partial charge in [0.05, 0.1) is 0 Å². The molecule has 1 aromatic heterocycles. The van der Waals surface area contributed by atoms with Gasteiger partial charge in [-0.05, 0) is 24.3 Å². The molecular weight excluding hydrogens is 307 g/mol. The molecule has 106 valence electrons. The molecule has 1 heterocycles. The largest absolute Gasteiger partial charge is 0.326 e. The highest BCUT2D eigenvalue weighted by molar-refractivity contribution is 7.92. The summed E-state index contributed by atoms with van der Waals surface area (Å²) in [7, 11) is -4.17. The molecule has 0 atom stereocenters. The zero-order valence-electron chi connectivity index (χ0n) is 10.0. The molecule has 0 radical (unpaired) electrons. The number of nitrogens with zero attached hydrogens (tertiary/aromatic N) is 2. The molecule has 0 amide bonds. The van der Waals surface area contributed by atoms with Gasteiger partial charge in [-0.15, -0.1) is 5.10 Å². The first-order valence-corrected chi connectivity index (χ1v) is 7.28. The van der Waals surface area contributed by atoms with Crippen molar-refractivity contribution in [3.63, 3.8) is 0 Å². The normalized spacial score (nSPS) is 11.3. The second-order valence-electron chi connectivity index (χ2n) is 3.80. The molecule has 0 saturated carbocycles. The van der Waals surface area contributed by atoms with E-state index in [1.165, 1.54) is 24.4 Å². The lowest BCUT2D eigenvalue weighted by Crippen LogP contribution is -2.17. The number of rotatable bonds is 4. The van der Waals surface area contributed by atoms with Crippen LogP contribution in [0.1, 0.15) is 5.56 Å². The van der Waals surface area contributed by atoms with Gasteiger partial charge < -0.3 is 5.73 Å². The van der Waals surface area contributed by atoms with Gasteiger partial charge in [0.15, 0.2) is 5.82 Å². The van der Waals surface area contributed by atoms with Crippen LogP contribution in [0.2, 0.25) is 5.02 Å². The van der Waals surface area contributed by atoms with Gasteiger partial charge in [-0.2, -0.15) is 5.10 Å². The minimum atomic E-state index is -4.17. The Labute approximate surface area is 119 Å². The number of anilines is 1. The number of sulfonamides is 1. The summed E-state index contributed by atoms with van der Waals surface area (Å²) in [6.45, 7) is -0.167. The molecule has 9 heteroatoms. The van der Waals surface area contributed by atoms with Gasteiger partial charge in [-0.3, -0.25) is 4.72 Å². The van der Waals surface area contributed by atoms with E-state index in [2.05, 4.69) is 14.9 Å². The first kappa shape index (κ1) is 14.6. The quantitative estimate of drug-likeness (QED) is 0.891. The van der Waals surface area contributed by atoms with Crippen LogP contribution in [0.15, 0.2) is 35.4 Å². The summed E-state index contributed by atoms with van der Waals surface area (Å²) >= 11 is 5.77. The smallest absolute Gasteiger partial charge is 0.266 e. The number of nitrogens with two attached hydrogens (primary N) is 1. The third-order valence-corrected chi connectivity index (χ3v) is 3.97. The molecule has 20 heavy (non-hydrogen) atoms. The second kappa shape index (κ2) is 5.70. The van der Waals surface area contributed by atoms with Crippen LogP contribution in [0.25, 0.3) is 0 Å². The van der Waals surface area contributed by atoms with Gasteiger partial charge in [0.1, 0.15) is 10.7 Å². The highest BCUT2D eigenvalue weighted by Crippen LogP contribution is 2.24. The van der Waals surface area contributed by atoms with E-state index in [4.69, 9.17) is 17.3 Å². The van der Waals surface area contributed by atoms with E-state index in [9.17, 15) is 12.8 Å². The fourth-order valence-electron chi connectivity index (χ4n) is 1.51. The van der Waals surface area contributed by atoms with Crippen LogP contribution in [-0.4, -0.2) is 18.6 Å². The fraction of sp³-hybridized carbons (Fsp3) is 0.0909. The molecular formula is C11H10ClFN4O2S. The van der Waals surface area contributed by atoms with Crippen LogP contribution in [0.4, 0.5) is 10.2 Å². The Hall–Kier alpha value is -1.77. The molecule has 6 nitrogen and oxygen atoms in total. The van der Waals surface area contributed by atoms with Crippen molar-refractivity contribution >= 4 is 27.4 Å². The van der Waals surface area contributed by atoms with Crippen LogP contribution in [-0.2, 0) is 16.6 Å². The van der Waals surface area contributed by atoms with Gasteiger partial charge >= 0.3 is 0 Å². The third-order valence-electron chi connectivity index (χ3n) is 2.40. The summed E-state index contributed by atoms with van der Waals surface area (Å²) < 4.78 is 40.4. The Morgan fingerprint density at radius 1 is 1.40 bits per heavy atom. The second-order valence-corrected chi connectivity index (χ2v) is 5.88. The fourth-order valence-corrected chi connectivity index (χ4v) is 2.96. The number of benzene rings is 1. The predicted molar refractivity (Wildman–Crippen MR) is 72.1 cm³/mol. The minimum absolute atomic E-state index is 0.0111. The van der Waals surface area contributed by atoms with Crippen molar-refractivity contribution in [3.05, 3.63) is 46.9 Å².